The van der Waals surface area contributed by atoms with Crippen LogP contribution < -0.4 is 11.1 Å². The van der Waals surface area contributed by atoms with Crippen LogP contribution in [0, 0.1) is 0 Å². The molecule has 0 bridgehead atoms. The van der Waals surface area contributed by atoms with Crippen molar-refractivity contribution in [2.45, 2.75) is 0 Å². The van der Waals surface area contributed by atoms with Crippen molar-refractivity contribution in [1.82, 2.24) is 0 Å². The summed E-state index contributed by atoms with van der Waals surface area (Å²) in [6, 6.07) is 10.0. The molecule has 0 spiro atoms. The van der Waals surface area contributed by atoms with Gasteiger partial charge in [-0.2, -0.15) is 0 Å². The Morgan fingerprint density at radius 1 is 1.21 bits per heavy atom. The van der Waals surface area contributed by atoms with Crippen LogP contribution in [0.4, 0.5) is 11.4 Å². The molecule has 3 N–H and O–H groups in total. The lowest BCUT2D eigenvalue weighted by Crippen LogP contribution is -2.13. The lowest BCUT2D eigenvalue weighted by atomic mass is 10.2. The number of hydrogen-bond donors (Lipinski definition) is 2. The maximum Gasteiger partial charge on any atom is 0.257 e. The zero-order valence-corrected chi connectivity index (χ0v) is 12.7. The third-order valence-electron chi connectivity index (χ3n) is 2.44. The Morgan fingerprint density at radius 3 is 2.63 bits per heavy atom. The van der Waals surface area contributed by atoms with Crippen LogP contribution in [-0.2, 0) is 0 Å². The summed E-state index contributed by atoms with van der Waals surface area (Å²) in [5.41, 5.74) is 7.16. The van der Waals surface area contributed by atoms with Gasteiger partial charge in [-0.3, -0.25) is 4.79 Å². The maximum atomic E-state index is 12.1. The molecule has 2 aromatic rings. The molecule has 0 saturated carbocycles. The summed E-state index contributed by atoms with van der Waals surface area (Å²) in [4.78, 5) is 12.1. The highest BCUT2D eigenvalue weighted by molar-refractivity contribution is 9.10. The number of nitrogens with two attached hydrogens (primary N) is 1. The highest BCUT2D eigenvalue weighted by atomic mass is 79.9. The minimum absolute atomic E-state index is 0.230. The van der Waals surface area contributed by atoms with E-state index in [9.17, 15) is 4.79 Å². The zero-order valence-electron chi connectivity index (χ0n) is 9.58. The second kappa shape index (κ2) is 5.82. The fraction of sp³-hybridized carbons (Fsp3) is 0. The zero-order chi connectivity index (χ0) is 14.0. The average molecular weight is 360 g/mol. The van der Waals surface area contributed by atoms with E-state index >= 15 is 0 Å². The van der Waals surface area contributed by atoms with Gasteiger partial charge in [-0.25, -0.2) is 0 Å². The Morgan fingerprint density at radius 2 is 1.95 bits per heavy atom. The van der Waals surface area contributed by atoms with Crippen molar-refractivity contribution in [1.29, 1.82) is 0 Å². The van der Waals surface area contributed by atoms with Gasteiger partial charge in [-0.05, 0) is 46.3 Å². The minimum Gasteiger partial charge on any atom is -0.399 e. The molecule has 3 nitrogen and oxygen atoms in total. The van der Waals surface area contributed by atoms with Gasteiger partial charge in [0.25, 0.3) is 5.91 Å². The Hall–Kier alpha value is -1.23. The number of carbonyl (C=O) groups is 1. The average Bonchev–Trinajstić information content (AvgIpc) is 2.36. The van der Waals surface area contributed by atoms with E-state index in [0.29, 0.717) is 26.4 Å². The lowest BCUT2D eigenvalue weighted by molar-refractivity contribution is 0.102. The Balaban J connectivity index is 2.28. The highest BCUT2D eigenvalue weighted by Crippen LogP contribution is 2.28. The van der Waals surface area contributed by atoms with Gasteiger partial charge in [0.2, 0.25) is 0 Å². The van der Waals surface area contributed by atoms with E-state index in [1.807, 2.05) is 0 Å². The summed E-state index contributed by atoms with van der Waals surface area (Å²) in [5, 5.41) is 3.31. The quantitative estimate of drug-likeness (QED) is 0.770. The smallest absolute Gasteiger partial charge is 0.257 e. The Labute approximate surface area is 128 Å². The predicted octanol–water partition coefficient (Wildman–Crippen LogP) is 4.59. The molecule has 2 rings (SSSR count). The fourth-order valence-electron chi connectivity index (χ4n) is 1.50. The van der Waals surface area contributed by atoms with Crippen molar-refractivity contribution in [3.8, 4) is 0 Å². The molecule has 0 aliphatic carbocycles. The van der Waals surface area contributed by atoms with Crippen LogP contribution in [0.15, 0.2) is 40.9 Å². The van der Waals surface area contributed by atoms with Crippen LogP contribution in [-0.4, -0.2) is 5.91 Å². The monoisotopic (exact) mass is 358 g/mol. The van der Waals surface area contributed by atoms with Crippen LogP contribution in [0.25, 0.3) is 0 Å². The molecule has 1 amide bonds. The number of nitrogen functional groups attached to an aromatic ring is 1. The predicted molar refractivity (Wildman–Crippen MR) is 83.0 cm³/mol. The Bertz CT molecular complexity index is 647. The molecule has 0 fully saturated rings. The van der Waals surface area contributed by atoms with Gasteiger partial charge < -0.3 is 11.1 Å². The van der Waals surface area contributed by atoms with E-state index in [-0.39, 0.29) is 10.9 Å². The summed E-state index contributed by atoms with van der Waals surface area (Å²) in [6.45, 7) is 0. The number of carbonyl (C=O) groups excluding carboxylic acids is 1. The summed E-state index contributed by atoms with van der Waals surface area (Å²) >= 11 is 15.2. The molecule has 98 valence electrons. The van der Waals surface area contributed by atoms with Gasteiger partial charge in [-0.1, -0.05) is 29.3 Å². The number of halogens is 3. The molecular formula is C13H9BrCl2N2O. The molecule has 0 saturated heterocycles. The number of hydrogen-bond acceptors (Lipinski definition) is 2. The molecule has 0 aromatic heterocycles. The van der Waals surface area contributed by atoms with E-state index in [0.717, 1.165) is 0 Å². The first kappa shape index (κ1) is 14.2. The van der Waals surface area contributed by atoms with Crippen LogP contribution >= 0.6 is 39.1 Å². The molecule has 0 aliphatic heterocycles. The van der Waals surface area contributed by atoms with Crippen molar-refractivity contribution < 1.29 is 4.79 Å². The molecule has 0 aliphatic rings. The van der Waals surface area contributed by atoms with Crippen molar-refractivity contribution in [2.75, 3.05) is 11.1 Å². The van der Waals surface area contributed by atoms with Crippen LogP contribution in [0.2, 0.25) is 10.0 Å². The maximum absolute atomic E-state index is 12.1. The fourth-order valence-corrected chi connectivity index (χ4v) is 2.38. The molecule has 0 radical (unpaired) electrons. The van der Waals surface area contributed by atoms with Crippen molar-refractivity contribution >= 4 is 56.4 Å². The SMILES string of the molecule is Nc1ccc(NC(=O)c2cccc(Cl)c2Cl)c(Br)c1. The number of anilines is 2. The molecular weight excluding hydrogens is 351 g/mol. The van der Waals surface area contributed by atoms with Crippen LogP contribution in [0.3, 0.4) is 0 Å². The molecule has 19 heavy (non-hydrogen) atoms. The van der Waals surface area contributed by atoms with E-state index in [1.165, 1.54) is 0 Å². The van der Waals surface area contributed by atoms with Gasteiger partial charge >= 0.3 is 0 Å². The third kappa shape index (κ3) is 3.21. The highest BCUT2D eigenvalue weighted by Gasteiger charge is 2.13. The number of benzene rings is 2. The minimum atomic E-state index is -0.335. The van der Waals surface area contributed by atoms with Crippen molar-refractivity contribution in [2.24, 2.45) is 0 Å². The number of rotatable bonds is 2. The molecule has 0 atom stereocenters. The first-order chi connectivity index (χ1) is 8.99. The molecule has 0 unspecified atom stereocenters. The molecule has 2 aromatic carbocycles. The summed E-state index contributed by atoms with van der Waals surface area (Å²) in [5.74, 6) is -0.335. The first-order valence-corrected chi connectivity index (χ1v) is 6.84. The standard InChI is InChI=1S/C13H9BrCl2N2O/c14-9-6-7(17)4-5-11(9)18-13(19)8-2-1-3-10(15)12(8)16/h1-6H,17H2,(H,18,19). The van der Waals surface area contributed by atoms with E-state index in [1.54, 1.807) is 36.4 Å². The second-order valence-electron chi connectivity index (χ2n) is 3.79. The largest absolute Gasteiger partial charge is 0.399 e. The van der Waals surface area contributed by atoms with Gasteiger partial charge in [0.15, 0.2) is 0 Å². The van der Waals surface area contributed by atoms with Crippen LogP contribution in [0.5, 0.6) is 0 Å². The van der Waals surface area contributed by atoms with Crippen molar-refractivity contribution in [3.63, 3.8) is 0 Å². The van der Waals surface area contributed by atoms with E-state index in [4.69, 9.17) is 28.9 Å². The first-order valence-electron chi connectivity index (χ1n) is 5.29. The summed E-state index contributed by atoms with van der Waals surface area (Å²) in [6.07, 6.45) is 0. The van der Waals surface area contributed by atoms with Crippen LogP contribution in [0.1, 0.15) is 10.4 Å². The normalized spacial score (nSPS) is 10.3. The topological polar surface area (TPSA) is 55.1 Å². The van der Waals surface area contributed by atoms with Gasteiger partial charge in [0.05, 0.1) is 21.3 Å². The third-order valence-corrected chi connectivity index (χ3v) is 3.91. The number of nitrogens with one attached hydrogen (secondary N) is 1. The summed E-state index contributed by atoms with van der Waals surface area (Å²) < 4.78 is 0.694. The Kier molecular flexibility index (Phi) is 4.34. The second-order valence-corrected chi connectivity index (χ2v) is 5.43. The van der Waals surface area contributed by atoms with Gasteiger partial charge in [0, 0.05) is 10.2 Å². The molecule has 6 heteroatoms. The van der Waals surface area contributed by atoms with Gasteiger partial charge in [0.1, 0.15) is 0 Å². The van der Waals surface area contributed by atoms with Crippen molar-refractivity contribution in [3.05, 3.63) is 56.5 Å². The van der Waals surface area contributed by atoms with E-state index in [2.05, 4.69) is 21.2 Å². The van der Waals surface area contributed by atoms with E-state index < -0.39 is 0 Å². The van der Waals surface area contributed by atoms with Gasteiger partial charge in [-0.15, -0.1) is 0 Å². The summed E-state index contributed by atoms with van der Waals surface area (Å²) in [7, 11) is 0. The lowest BCUT2D eigenvalue weighted by Gasteiger charge is -2.09. The molecule has 0 heterocycles. The number of amides is 1.